The van der Waals surface area contributed by atoms with Gasteiger partial charge >= 0.3 is 0 Å². The molecule has 0 aliphatic carbocycles. The highest BCUT2D eigenvalue weighted by atomic mass is 32.1. The second-order valence-electron chi connectivity index (χ2n) is 9.43. The average molecular weight is 490 g/mol. The van der Waals surface area contributed by atoms with Gasteiger partial charge in [0.2, 0.25) is 0 Å². The first-order chi connectivity index (χ1) is 16.5. The van der Waals surface area contributed by atoms with Gasteiger partial charge in [0.05, 0.1) is 11.7 Å². The zero-order valence-electron chi connectivity index (χ0n) is 20.6. The molecule has 2 amide bonds. The number of ether oxygens (including phenoxy) is 1. The first kappa shape index (κ1) is 25.9. The summed E-state index contributed by atoms with van der Waals surface area (Å²) in [5.41, 5.74) is 3.37. The van der Waals surface area contributed by atoms with Crippen LogP contribution < -0.4 is 20.7 Å². The van der Waals surface area contributed by atoms with Crippen molar-refractivity contribution in [1.29, 1.82) is 0 Å². The lowest BCUT2D eigenvalue weighted by Gasteiger charge is -2.19. The maximum absolute atomic E-state index is 12.7. The van der Waals surface area contributed by atoms with Gasteiger partial charge < -0.3 is 15.4 Å². The molecule has 35 heavy (non-hydrogen) atoms. The molecule has 0 radical (unpaired) electrons. The number of amides is 2. The average Bonchev–Trinajstić information content (AvgIpc) is 2.78. The predicted molar refractivity (Wildman–Crippen MR) is 145 cm³/mol. The van der Waals surface area contributed by atoms with Crippen molar-refractivity contribution in [1.82, 2.24) is 5.32 Å². The third kappa shape index (κ3) is 7.39. The molecular formula is C28H31N3O3S. The van der Waals surface area contributed by atoms with E-state index in [4.69, 9.17) is 17.0 Å². The Bertz CT molecular complexity index is 1210. The number of carbonyl (C=O) groups excluding carboxylic acids is 2. The van der Waals surface area contributed by atoms with E-state index in [0.717, 1.165) is 5.56 Å². The number of carbonyl (C=O) groups is 2. The monoisotopic (exact) mass is 489 g/mol. The van der Waals surface area contributed by atoms with Crippen LogP contribution in [0.5, 0.6) is 5.75 Å². The lowest BCUT2D eigenvalue weighted by Crippen LogP contribution is -2.34. The van der Waals surface area contributed by atoms with Gasteiger partial charge in [0, 0.05) is 16.9 Å². The van der Waals surface area contributed by atoms with E-state index < -0.39 is 0 Å². The highest BCUT2D eigenvalue weighted by Gasteiger charge is 2.16. The molecule has 7 heteroatoms. The number of rotatable bonds is 6. The van der Waals surface area contributed by atoms with Crippen molar-refractivity contribution in [2.75, 3.05) is 10.6 Å². The molecule has 0 bridgehead atoms. The number of hydrogen-bond acceptors (Lipinski definition) is 4. The van der Waals surface area contributed by atoms with Gasteiger partial charge in [-0.15, -0.1) is 0 Å². The molecule has 0 saturated carbocycles. The third-order valence-corrected chi connectivity index (χ3v) is 5.32. The standard InChI is InChI=1S/C28H31N3O3S/c1-18(2)34-24-12-7-6-11-23(24)26(33)31-27(35)30-22-10-8-9-21(17-22)29-25(32)19-13-15-20(16-14-19)28(3,4)5/h6-18H,1-5H3,(H,29,32)(H2,30,31,33,35). The van der Waals surface area contributed by atoms with Gasteiger partial charge in [-0.3, -0.25) is 14.9 Å². The molecule has 0 aliphatic rings. The van der Waals surface area contributed by atoms with Gasteiger partial charge in [-0.2, -0.15) is 0 Å². The van der Waals surface area contributed by atoms with Crippen LogP contribution in [0.15, 0.2) is 72.8 Å². The molecule has 0 spiro atoms. The summed E-state index contributed by atoms with van der Waals surface area (Å²) in [5, 5.41) is 8.69. The van der Waals surface area contributed by atoms with Crippen molar-refractivity contribution in [3.8, 4) is 5.75 Å². The van der Waals surface area contributed by atoms with Crippen LogP contribution in [0.4, 0.5) is 11.4 Å². The van der Waals surface area contributed by atoms with E-state index in [0.29, 0.717) is 28.3 Å². The number of nitrogens with one attached hydrogen (secondary N) is 3. The van der Waals surface area contributed by atoms with Crippen LogP contribution in [0.25, 0.3) is 0 Å². The molecular weight excluding hydrogens is 458 g/mol. The van der Waals surface area contributed by atoms with Gasteiger partial charge in [0.1, 0.15) is 5.75 Å². The SMILES string of the molecule is CC(C)Oc1ccccc1C(=O)NC(=S)Nc1cccc(NC(=O)c2ccc(C(C)(C)C)cc2)c1. The molecule has 3 aromatic carbocycles. The molecule has 0 atom stereocenters. The van der Waals surface area contributed by atoms with Crippen LogP contribution in [0.1, 0.15) is 60.9 Å². The van der Waals surface area contributed by atoms with Crippen LogP contribution in [-0.2, 0) is 5.41 Å². The van der Waals surface area contributed by atoms with E-state index in [9.17, 15) is 9.59 Å². The highest BCUT2D eigenvalue weighted by molar-refractivity contribution is 7.80. The molecule has 6 nitrogen and oxygen atoms in total. The van der Waals surface area contributed by atoms with Crippen molar-refractivity contribution in [3.05, 3.63) is 89.5 Å². The fraction of sp³-hybridized carbons (Fsp3) is 0.250. The molecule has 0 fully saturated rings. The van der Waals surface area contributed by atoms with E-state index in [1.54, 1.807) is 42.5 Å². The Morgan fingerprint density at radius 2 is 1.46 bits per heavy atom. The summed E-state index contributed by atoms with van der Waals surface area (Å²) >= 11 is 5.32. The van der Waals surface area contributed by atoms with E-state index in [-0.39, 0.29) is 28.4 Å². The third-order valence-electron chi connectivity index (χ3n) is 5.11. The maximum Gasteiger partial charge on any atom is 0.261 e. The summed E-state index contributed by atoms with van der Waals surface area (Å²) in [4.78, 5) is 25.4. The lowest BCUT2D eigenvalue weighted by molar-refractivity contribution is 0.0970. The fourth-order valence-electron chi connectivity index (χ4n) is 3.34. The number of para-hydroxylation sites is 1. The summed E-state index contributed by atoms with van der Waals surface area (Å²) < 4.78 is 5.71. The number of thiocarbonyl (C=S) groups is 1. The van der Waals surface area contributed by atoms with E-state index in [1.807, 2.05) is 44.2 Å². The van der Waals surface area contributed by atoms with Gasteiger partial charge in [-0.05, 0) is 79.5 Å². The van der Waals surface area contributed by atoms with Crippen LogP contribution >= 0.6 is 12.2 Å². The first-order valence-corrected chi connectivity index (χ1v) is 11.8. The molecule has 182 valence electrons. The maximum atomic E-state index is 12.7. The molecule has 0 saturated heterocycles. The topological polar surface area (TPSA) is 79.5 Å². The van der Waals surface area contributed by atoms with E-state index in [1.165, 1.54) is 0 Å². The van der Waals surface area contributed by atoms with Crippen molar-refractivity contribution in [2.24, 2.45) is 0 Å². The van der Waals surface area contributed by atoms with E-state index >= 15 is 0 Å². The summed E-state index contributed by atoms with van der Waals surface area (Å²) in [6, 6.07) is 21.7. The zero-order chi connectivity index (χ0) is 25.6. The van der Waals surface area contributed by atoms with Gasteiger partial charge in [0.25, 0.3) is 11.8 Å². The molecule has 3 N–H and O–H groups in total. The Balaban J connectivity index is 1.63. The minimum atomic E-state index is -0.373. The van der Waals surface area contributed by atoms with Gasteiger partial charge in [0.15, 0.2) is 5.11 Å². The Hall–Kier alpha value is -3.71. The summed E-state index contributed by atoms with van der Waals surface area (Å²) in [5.74, 6) is -0.0924. The summed E-state index contributed by atoms with van der Waals surface area (Å²) in [6.45, 7) is 10.2. The Morgan fingerprint density at radius 1 is 0.829 bits per heavy atom. The van der Waals surface area contributed by atoms with Crippen molar-refractivity contribution in [3.63, 3.8) is 0 Å². The van der Waals surface area contributed by atoms with Gasteiger partial charge in [-0.1, -0.05) is 51.1 Å². The molecule has 0 unspecified atom stereocenters. The summed E-state index contributed by atoms with van der Waals surface area (Å²) in [7, 11) is 0. The number of anilines is 2. The van der Waals surface area contributed by atoms with Crippen LogP contribution in [0.3, 0.4) is 0 Å². The Labute approximate surface area is 212 Å². The number of benzene rings is 3. The van der Waals surface area contributed by atoms with Crippen molar-refractivity contribution >= 4 is 40.5 Å². The zero-order valence-corrected chi connectivity index (χ0v) is 21.5. The van der Waals surface area contributed by atoms with Crippen LogP contribution in [-0.4, -0.2) is 23.0 Å². The minimum absolute atomic E-state index is 0.0202. The lowest BCUT2D eigenvalue weighted by atomic mass is 9.87. The minimum Gasteiger partial charge on any atom is -0.490 e. The predicted octanol–water partition coefficient (Wildman–Crippen LogP) is 6.15. The Morgan fingerprint density at radius 3 is 2.09 bits per heavy atom. The molecule has 3 rings (SSSR count). The smallest absolute Gasteiger partial charge is 0.261 e. The summed E-state index contributed by atoms with van der Waals surface area (Å²) in [6.07, 6.45) is -0.0663. The molecule has 0 aromatic heterocycles. The second-order valence-corrected chi connectivity index (χ2v) is 9.84. The normalized spacial score (nSPS) is 11.0. The number of hydrogen-bond donors (Lipinski definition) is 3. The fourth-order valence-corrected chi connectivity index (χ4v) is 3.55. The van der Waals surface area contributed by atoms with Crippen LogP contribution in [0.2, 0.25) is 0 Å². The van der Waals surface area contributed by atoms with Crippen molar-refractivity contribution in [2.45, 2.75) is 46.1 Å². The van der Waals surface area contributed by atoms with Crippen LogP contribution in [0, 0.1) is 0 Å². The molecule has 3 aromatic rings. The van der Waals surface area contributed by atoms with E-state index in [2.05, 4.69) is 36.7 Å². The van der Waals surface area contributed by atoms with Gasteiger partial charge in [-0.25, -0.2) is 0 Å². The Kier molecular flexibility index (Phi) is 8.25. The quantitative estimate of drug-likeness (QED) is 0.362. The molecule has 0 aliphatic heterocycles. The second kappa shape index (κ2) is 11.1. The van der Waals surface area contributed by atoms with Crippen molar-refractivity contribution < 1.29 is 14.3 Å². The first-order valence-electron chi connectivity index (χ1n) is 11.4. The molecule has 0 heterocycles. The largest absolute Gasteiger partial charge is 0.490 e. The highest BCUT2D eigenvalue weighted by Crippen LogP contribution is 2.23.